The molecule has 0 fully saturated rings. The maximum atomic E-state index is 12.5. The van der Waals surface area contributed by atoms with Gasteiger partial charge in [-0.2, -0.15) is 0 Å². The number of Topliss-reactive ketones (excluding diaryl/α,β-unsaturated/α-hetero) is 1. The van der Waals surface area contributed by atoms with Crippen molar-refractivity contribution in [3.05, 3.63) is 53.3 Å². The molecule has 4 rings (SSSR count). The number of nitrogens with zero attached hydrogens (tertiary/aromatic N) is 6. The van der Waals surface area contributed by atoms with Crippen molar-refractivity contribution in [3.8, 4) is 0 Å². The molecule has 1 aliphatic heterocycles. The van der Waals surface area contributed by atoms with E-state index >= 15 is 0 Å². The summed E-state index contributed by atoms with van der Waals surface area (Å²) in [5.41, 5.74) is 8.86. The van der Waals surface area contributed by atoms with Crippen LogP contribution in [0.4, 0.5) is 11.5 Å². The second-order valence-corrected chi connectivity index (χ2v) is 8.48. The van der Waals surface area contributed by atoms with Crippen molar-refractivity contribution in [1.29, 1.82) is 0 Å². The first-order chi connectivity index (χ1) is 14.2. The zero-order valence-corrected chi connectivity index (χ0v) is 17.4. The lowest BCUT2D eigenvalue weighted by atomic mass is 9.95. The largest absolute Gasteiger partial charge is 0.384 e. The molecule has 154 valence electrons. The molecule has 0 saturated heterocycles. The molecule has 0 aromatic carbocycles. The smallest absolute Gasteiger partial charge is 0.182 e. The Hall–Kier alpha value is -3.49. The van der Waals surface area contributed by atoms with Crippen LogP contribution in [-0.2, 0) is 11.8 Å². The minimum absolute atomic E-state index is 0.130. The van der Waals surface area contributed by atoms with Crippen LogP contribution in [-0.4, -0.2) is 36.6 Å². The number of carbonyl (C=O) groups excluding carboxylic acids is 1. The highest BCUT2D eigenvalue weighted by Crippen LogP contribution is 2.30. The van der Waals surface area contributed by atoms with Crippen molar-refractivity contribution in [2.45, 2.75) is 51.9 Å². The number of ketones is 1. The van der Waals surface area contributed by atoms with E-state index in [2.05, 4.69) is 50.9 Å². The number of anilines is 1. The lowest BCUT2D eigenvalue weighted by Crippen LogP contribution is -2.16. The Bertz CT molecular complexity index is 1140. The van der Waals surface area contributed by atoms with Crippen LogP contribution >= 0.6 is 0 Å². The predicted octanol–water partition coefficient (Wildman–Crippen LogP) is 3.19. The number of nitrogen functional groups attached to an aromatic ring is 1. The van der Waals surface area contributed by atoms with Crippen LogP contribution in [0.15, 0.2) is 34.2 Å². The van der Waals surface area contributed by atoms with Crippen molar-refractivity contribution >= 4 is 23.0 Å². The number of hydrogen-bond acceptors (Lipinski definition) is 9. The van der Waals surface area contributed by atoms with E-state index < -0.39 is 0 Å². The van der Waals surface area contributed by atoms with Gasteiger partial charge in [-0.1, -0.05) is 32.9 Å². The van der Waals surface area contributed by atoms with Gasteiger partial charge >= 0.3 is 0 Å². The van der Waals surface area contributed by atoms with Gasteiger partial charge in [-0.3, -0.25) is 4.79 Å². The Balaban J connectivity index is 1.47. The Morgan fingerprint density at radius 1 is 1.23 bits per heavy atom. The van der Waals surface area contributed by atoms with Crippen LogP contribution in [0.2, 0.25) is 0 Å². The molecule has 2 N–H and O–H groups in total. The van der Waals surface area contributed by atoms with Crippen molar-refractivity contribution in [2.24, 2.45) is 4.99 Å². The molecule has 0 bridgehead atoms. The van der Waals surface area contributed by atoms with Crippen LogP contribution in [0.3, 0.4) is 0 Å². The molecule has 3 aromatic rings. The zero-order chi connectivity index (χ0) is 21.5. The summed E-state index contributed by atoms with van der Waals surface area (Å²) < 4.78 is 5.50. The lowest BCUT2D eigenvalue weighted by Gasteiger charge is -2.16. The highest BCUT2D eigenvalue weighted by molar-refractivity contribution is 6.04. The summed E-state index contributed by atoms with van der Waals surface area (Å²) in [6, 6.07) is 3.30. The highest BCUT2D eigenvalue weighted by Gasteiger charge is 2.26. The second-order valence-electron chi connectivity index (χ2n) is 8.48. The van der Waals surface area contributed by atoms with Crippen LogP contribution in [0.1, 0.15) is 73.5 Å². The fourth-order valence-electron chi connectivity index (χ4n) is 3.15. The van der Waals surface area contributed by atoms with Crippen molar-refractivity contribution in [1.82, 2.24) is 25.1 Å². The number of nitrogens with two attached hydrogens (primary N) is 1. The van der Waals surface area contributed by atoms with E-state index in [1.807, 2.05) is 13.0 Å². The predicted molar refractivity (Wildman–Crippen MR) is 111 cm³/mol. The minimum atomic E-state index is -0.174. The summed E-state index contributed by atoms with van der Waals surface area (Å²) in [4.78, 5) is 34.0. The summed E-state index contributed by atoms with van der Waals surface area (Å²) in [7, 11) is 0. The van der Waals surface area contributed by atoms with E-state index in [0.29, 0.717) is 17.9 Å². The van der Waals surface area contributed by atoms with Gasteiger partial charge in [0.25, 0.3) is 0 Å². The highest BCUT2D eigenvalue weighted by atomic mass is 16.5. The molecule has 0 unspecified atom stereocenters. The summed E-state index contributed by atoms with van der Waals surface area (Å²) in [6.45, 7) is 8.13. The summed E-state index contributed by atoms with van der Waals surface area (Å²) in [5.74, 6) is 1.35. The number of hydrogen-bond donors (Lipinski definition) is 1. The number of rotatable bonds is 5. The molecular formula is C21H23N7O2. The van der Waals surface area contributed by atoms with Gasteiger partial charge in [0.1, 0.15) is 40.8 Å². The van der Waals surface area contributed by atoms with E-state index in [1.165, 1.54) is 12.4 Å². The van der Waals surface area contributed by atoms with E-state index in [0.717, 1.165) is 22.9 Å². The van der Waals surface area contributed by atoms with Crippen molar-refractivity contribution < 1.29 is 9.32 Å². The maximum absolute atomic E-state index is 12.5. The maximum Gasteiger partial charge on any atom is 0.182 e. The van der Waals surface area contributed by atoms with Crippen LogP contribution in [0, 0.1) is 0 Å². The third kappa shape index (κ3) is 3.96. The molecule has 1 atom stereocenters. The fraction of sp³-hybridized carbons (Fsp3) is 0.381. The first-order valence-corrected chi connectivity index (χ1v) is 9.72. The number of aromatic nitrogens is 5. The SMILES string of the molecule is C[C@@H](CC(=O)c1cc(N)ncn1)c1cc(C2=Nc3cnc(C(C)(C)C)nc3C2)no1. The van der Waals surface area contributed by atoms with Crippen LogP contribution in [0.25, 0.3) is 0 Å². The summed E-state index contributed by atoms with van der Waals surface area (Å²) in [6.07, 6.45) is 3.83. The van der Waals surface area contributed by atoms with Gasteiger partial charge in [0.05, 0.1) is 17.6 Å². The normalized spacial score (nSPS) is 14.3. The molecule has 0 amide bonds. The van der Waals surface area contributed by atoms with Gasteiger partial charge in [-0.05, 0) is 0 Å². The molecule has 9 nitrogen and oxygen atoms in total. The quantitative estimate of drug-likeness (QED) is 0.640. The van der Waals surface area contributed by atoms with Gasteiger partial charge < -0.3 is 10.3 Å². The van der Waals surface area contributed by atoms with Crippen LogP contribution < -0.4 is 5.73 Å². The van der Waals surface area contributed by atoms with Crippen molar-refractivity contribution in [3.63, 3.8) is 0 Å². The van der Waals surface area contributed by atoms with E-state index in [4.69, 9.17) is 10.3 Å². The molecular weight excluding hydrogens is 382 g/mol. The van der Waals surface area contributed by atoms with Crippen molar-refractivity contribution in [2.75, 3.05) is 5.73 Å². The Morgan fingerprint density at radius 2 is 2.03 bits per heavy atom. The molecule has 1 aliphatic rings. The lowest BCUT2D eigenvalue weighted by molar-refractivity contribution is 0.0966. The molecule has 30 heavy (non-hydrogen) atoms. The third-order valence-corrected chi connectivity index (χ3v) is 4.88. The van der Waals surface area contributed by atoms with E-state index in [9.17, 15) is 4.79 Å². The number of fused-ring (bicyclic) bond motifs is 1. The topological polar surface area (TPSA) is 133 Å². The summed E-state index contributed by atoms with van der Waals surface area (Å²) in [5, 5.41) is 4.16. The molecule has 0 saturated carbocycles. The Morgan fingerprint density at radius 3 is 2.77 bits per heavy atom. The van der Waals surface area contributed by atoms with Gasteiger partial charge in [-0.25, -0.2) is 24.9 Å². The minimum Gasteiger partial charge on any atom is -0.384 e. The van der Waals surface area contributed by atoms with Crippen LogP contribution in [0.5, 0.6) is 0 Å². The standard InChI is InChI=1S/C21H23N7O2/c1-11(5-17(29)15-8-19(22)25-10-24-15)18-7-14(28-30-18)12-6-13-16(26-12)9-23-20(27-13)21(2,3)4/h7-11H,5-6H2,1-4H3,(H2,22,24,25)/t11-/m0/s1. The monoisotopic (exact) mass is 405 g/mol. The Kier molecular flexibility index (Phi) is 4.89. The number of aliphatic imine (C=N–C) groups is 1. The fourth-order valence-corrected chi connectivity index (χ4v) is 3.15. The molecule has 0 radical (unpaired) electrons. The molecule has 3 aromatic heterocycles. The molecule has 0 aliphatic carbocycles. The van der Waals surface area contributed by atoms with E-state index in [-0.39, 0.29) is 35.0 Å². The summed E-state index contributed by atoms with van der Waals surface area (Å²) >= 11 is 0. The molecule has 9 heteroatoms. The first kappa shape index (κ1) is 19.8. The Labute approximate surface area is 173 Å². The van der Waals surface area contributed by atoms with E-state index in [1.54, 1.807) is 6.20 Å². The average molecular weight is 405 g/mol. The molecule has 0 spiro atoms. The number of carbonyl (C=O) groups is 1. The third-order valence-electron chi connectivity index (χ3n) is 4.88. The molecule has 4 heterocycles. The second kappa shape index (κ2) is 7.40. The first-order valence-electron chi connectivity index (χ1n) is 9.72. The zero-order valence-electron chi connectivity index (χ0n) is 17.4. The van der Waals surface area contributed by atoms with Gasteiger partial charge in [0.15, 0.2) is 5.78 Å². The van der Waals surface area contributed by atoms with Gasteiger partial charge in [-0.15, -0.1) is 0 Å². The van der Waals surface area contributed by atoms with Gasteiger partial charge in [0, 0.05) is 36.3 Å². The average Bonchev–Trinajstić information content (AvgIpc) is 3.33. The van der Waals surface area contributed by atoms with Gasteiger partial charge in [0.2, 0.25) is 0 Å².